The Morgan fingerprint density at radius 3 is 2.88 bits per heavy atom. The van der Waals surface area contributed by atoms with Gasteiger partial charge in [-0.05, 0) is 48.9 Å². The van der Waals surface area contributed by atoms with E-state index in [0.717, 1.165) is 29.7 Å². The Morgan fingerprint density at radius 1 is 1.26 bits per heavy atom. The summed E-state index contributed by atoms with van der Waals surface area (Å²) < 4.78 is 20.0. The van der Waals surface area contributed by atoms with Crippen molar-refractivity contribution >= 4 is 23.3 Å². The zero-order valence-electron chi connectivity index (χ0n) is 24.0. The Balaban J connectivity index is 1.43. The highest BCUT2D eigenvalue weighted by atomic mass is 19.1. The molecule has 2 atom stereocenters. The number of rotatable bonds is 6. The number of aromatic nitrogens is 3. The molecule has 4 heterocycles. The zero-order valence-corrected chi connectivity index (χ0v) is 24.0. The van der Waals surface area contributed by atoms with Crippen LogP contribution in [-0.4, -0.2) is 57.3 Å². The highest BCUT2D eigenvalue weighted by molar-refractivity contribution is 6.04. The number of halogens is 1. The standard InChI is InChI=1S/C32H32FN7O3/c1-3-24-26(11-7-15-35-24)43-31-36-25-18-32(13-6-9-21-8-4-5-10-23(21)32)30(42)37-27(25)28(38-31)39-16-17-40(29(41)20(2)33)22(19-39)12-14-34/h4-5,7-8,10-11,15,22H,2-3,6,9,12-13,16-19H2,1H3,(H,37,42). The van der Waals surface area contributed by atoms with Gasteiger partial charge in [0.2, 0.25) is 5.91 Å². The first-order valence-corrected chi connectivity index (χ1v) is 14.5. The van der Waals surface area contributed by atoms with Gasteiger partial charge in [0.25, 0.3) is 5.91 Å². The van der Waals surface area contributed by atoms with Gasteiger partial charge in [-0.1, -0.05) is 37.8 Å². The number of ether oxygens (including phenoxy) is 1. The van der Waals surface area contributed by atoms with Crippen LogP contribution in [0.5, 0.6) is 11.8 Å². The Kier molecular flexibility index (Phi) is 7.52. The molecule has 6 rings (SSSR count). The number of anilines is 2. The van der Waals surface area contributed by atoms with Crippen LogP contribution in [0.2, 0.25) is 0 Å². The first-order valence-electron chi connectivity index (χ1n) is 14.5. The van der Waals surface area contributed by atoms with Crippen molar-refractivity contribution in [1.82, 2.24) is 19.9 Å². The zero-order chi connectivity index (χ0) is 30.1. The van der Waals surface area contributed by atoms with Gasteiger partial charge in [-0.2, -0.15) is 15.2 Å². The average Bonchev–Trinajstić information content (AvgIpc) is 3.02. The second kappa shape index (κ2) is 11.4. The third-order valence-corrected chi connectivity index (χ3v) is 8.66. The van der Waals surface area contributed by atoms with Crippen LogP contribution >= 0.6 is 0 Å². The third-order valence-electron chi connectivity index (χ3n) is 8.66. The minimum atomic E-state index is -1.07. The first-order chi connectivity index (χ1) is 20.8. The number of carbonyl (C=O) groups excluding carboxylic acids is 2. The van der Waals surface area contributed by atoms with E-state index in [1.165, 1.54) is 4.90 Å². The summed E-state index contributed by atoms with van der Waals surface area (Å²) in [5.74, 6) is -1.04. The van der Waals surface area contributed by atoms with Gasteiger partial charge in [0.15, 0.2) is 17.4 Å². The van der Waals surface area contributed by atoms with Crippen LogP contribution in [0.25, 0.3) is 0 Å². The number of hydrogen-bond acceptors (Lipinski definition) is 8. The number of aryl methyl sites for hydroxylation is 2. The largest absolute Gasteiger partial charge is 0.422 e. The number of piperazine rings is 1. The summed E-state index contributed by atoms with van der Waals surface area (Å²) in [5, 5.41) is 12.6. The van der Waals surface area contributed by atoms with Crippen molar-refractivity contribution in [3.05, 3.63) is 77.5 Å². The molecule has 2 aliphatic heterocycles. The predicted octanol–water partition coefficient (Wildman–Crippen LogP) is 4.41. The second-order valence-corrected chi connectivity index (χ2v) is 11.1. The van der Waals surface area contributed by atoms with E-state index in [1.54, 1.807) is 12.3 Å². The van der Waals surface area contributed by atoms with Gasteiger partial charge in [0.05, 0.1) is 35.3 Å². The molecule has 0 radical (unpaired) electrons. The van der Waals surface area contributed by atoms with E-state index in [4.69, 9.17) is 14.7 Å². The number of fused-ring (bicyclic) bond motifs is 3. The fourth-order valence-corrected chi connectivity index (χ4v) is 6.57. The molecule has 11 heteroatoms. The van der Waals surface area contributed by atoms with Gasteiger partial charge in [0, 0.05) is 32.3 Å². The second-order valence-electron chi connectivity index (χ2n) is 11.1. The van der Waals surface area contributed by atoms with Crippen molar-refractivity contribution in [1.29, 1.82) is 5.26 Å². The van der Waals surface area contributed by atoms with Crippen LogP contribution in [0.15, 0.2) is 55.0 Å². The molecule has 2 unspecified atom stereocenters. The van der Waals surface area contributed by atoms with Crippen molar-refractivity contribution < 1.29 is 18.7 Å². The first kappa shape index (κ1) is 28.3. The van der Waals surface area contributed by atoms with Gasteiger partial charge < -0.3 is 19.9 Å². The molecule has 43 heavy (non-hydrogen) atoms. The van der Waals surface area contributed by atoms with Crippen LogP contribution in [0, 0.1) is 11.3 Å². The Morgan fingerprint density at radius 2 is 2.09 bits per heavy atom. The number of nitrogens with one attached hydrogen (secondary N) is 1. The fraction of sp³-hybridized carbons (Fsp3) is 0.375. The van der Waals surface area contributed by atoms with Crippen LogP contribution in [-0.2, 0) is 34.3 Å². The lowest BCUT2D eigenvalue weighted by Crippen LogP contribution is -2.56. The lowest BCUT2D eigenvalue weighted by molar-refractivity contribution is -0.131. The topological polar surface area (TPSA) is 124 Å². The SMILES string of the molecule is C=C(F)C(=O)N1CCN(c2nc(Oc3cccnc3CC)nc3c2NC(=O)C2(CCCc4ccccc42)C3)CC1CC#N. The van der Waals surface area contributed by atoms with Gasteiger partial charge in [-0.25, -0.2) is 4.39 Å². The normalized spacial score (nSPS) is 21.0. The molecule has 1 aromatic carbocycles. The van der Waals surface area contributed by atoms with Gasteiger partial charge in [-0.15, -0.1) is 0 Å². The van der Waals surface area contributed by atoms with Crippen molar-refractivity contribution in [2.24, 2.45) is 0 Å². The summed E-state index contributed by atoms with van der Waals surface area (Å²) >= 11 is 0. The number of benzene rings is 1. The van der Waals surface area contributed by atoms with E-state index in [0.29, 0.717) is 48.8 Å². The lowest BCUT2D eigenvalue weighted by atomic mass is 9.65. The minimum Gasteiger partial charge on any atom is -0.422 e. The highest BCUT2D eigenvalue weighted by Crippen LogP contribution is 2.47. The van der Waals surface area contributed by atoms with E-state index in [1.807, 2.05) is 36.1 Å². The Hall–Kier alpha value is -4.85. The molecule has 3 aliphatic rings. The van der Waals surface area contributed by atoms with Crippen LogP contribution in [0.1, 0.15) is 48.7 Å². The van der Waals surface area contributed by atoms with Crippen molar-refractivity contribution in [2.75, 3.05) is 29.9 Å². The molecule has 1 fully saturated rings. The summed E-state index contributed by atoms with van der Waals surface area (Å²) in [6.45, 7) is 5.77. The van der Waals surface area contributed by atoms with Gasteiger partial charge in [0.1, 0.15) is 5.69 Å². The van der Waals surface area contributed by atoms with E-state index < -0.39 is 23.2 Å². The van der Waals surface area contributed by atoms with Gasteiger partial charge in [-0.3, -0.25) is 14.6 Å². The highest BCUT2D eigenvalue weighted by Gasteiger charge is 2.48. The van der Waals surface area contributed by atoms with Gasteiger partial charge >= 0.3 is 6.01 Å². The number of nitrogens with zero attached hydrogens (tertiary/aromatic N) is 6. The maximum Gasteiger partial charge on any atom is 0.324 e. The molecule has 1 N–H and O–H groups in total. The smallest absolute Gasteiger partial charge is 0.324 e. The van der Waals surface area contributed by atoms with E-state index >= 15 is 0 Å². The molecule has 220 valence electrons. The molecule has 1 spiro atoms. The number of nitriles is 1. The molecule has 0 bridgehead atoms. The molecule has 10 nitrogen and oxygen atoms in total. The average molecular weight is 582 g/mol. The monoisotopic (exact) mass is 581 g/mol. The maximum atomic E-state index is 14.0. The van der Waals surface area contributed by atoms with E-state index in [9.17, 15) is 19.2 Å². The molecule has 2 aromatic heterocycles. The fourth-order valence-electron chi connectivity index (χ4n) is 6.57. The summed E-state index contributed by atoms with van der Waals surface area (Å²) in [6, 6.07) is 13.3. The molecule has 0 saturated carbocycles. The van der Waals surface area contributed by atoms with Crippen molar-refractivity contribution in [3.8, 4) is 17.8 Å². The molecular formula is C32H32FN7O3. The van der Waals surface area contributed by atoms with E-state index in [2.05, 4.69) is 29.0 Å². The number of hydrogen-bond donors (Lipinski definition) is 1. The number of amides is 2. The summed E-state index contributed by atoms with van der Waals surface area (Å²) in [4.78, 5) is 43.8. The molecule has 2 amide bonds. The Bertz CT molecular complexity index is 1650. The van der Waals surface area contributed by atoms with Crippen LogP contribution < -0.4 is 15.0 Å². The third kappa shape index (κ3) is 5.07. The maximum absolute atomic E-state index is 14.0. The van der Waals surface area contributed by atoms with Crippen molar-refractivity contribution in [2.45, 2.75) is 56.9 Å². The summed E-state index contributed by atoms with van der Waals surface area (Å²) in [5.41, 5.74) is 3.28. The predicted molar refractivity (Wildman–Crippen MR) is 157 cm³/mol. The molecule has 1 saturated heterocycles. The van der Waals surface area contributed by atoms with E-state index in [-0.39, 0.29) is 31.4 Å². The number of carbonyl (C=O) groups is 2. The molecular weight excluding hydrogens is 549 g/mol. The summed E-state index contributed by atoms with van der Waals surface area (Å²) in [6.07, 6.45) is 5.19. The number of pyridine rings is 1. The lowest BCUT2D eigenvalue weighted by Gasteiger charge is -2.44. The summed E-state index contributed by atoms with van der Waals surface area (Å²) in [7, 11) is 0. The minimum absolute atomic E-state index is 0.00600. The molecule has 1 aliphatic carbocycles. The molecule has 3 aromatic rings. The van der Waals surface area contributed by atoms with Crippen molar-refractivity contribution in [3.63, 3.8) is 0 Å². The van der Waals surface area contributed by atoms with Crippen LogP contribution in [0.3, 0.4) is 0 Å². The Labute approximate surface area is 249 Å². The quantitative estimate of drug-likeness (QED) is 0.425. The van der Waals surface area contributed by atoms with Crippen LogP contribution in [0.4, 0.5) is 15.9 Å².